The summed E-state index contributed by atoms with van der Waals surface area (Å²) in [5, 5.41) is 1.40. The first-order chi connectivity index (χ1) is 16.8. The van der Waals surface area contributed by atoms with Gasteiger partial charge in [-0.15, -0.1) is 0 Å². The number of rotatable bonds is 9. The van der Waals surface area contributed by atoms with Gasteiger partial charge in [-0.1, -0.05) is 60.7 Å². The van der Waals surface area contributed by atoms with E-state index in [0.29, 0.717) is 30.4 Å². The van der Waals surface area contributed by atoms with Crippen molar-refractivity contribution in [3.8, 4) is 16.9 Å². The van der Waals surface area contributed by atoms with Crippen molar-refractivity contribution >= 4 is 10.8 Å². The van der Waals surface area contributed by atoms with Crippen molar-refractivity contribution in [1.82, 2.24) is 0 Å². The van der Waals surface area contributed by atoms with Gasteiger partial charge in [0.05, 0.1) is 6.61 Å². The number of halogens is 4. The summed E-state index contributed by atoms with van der Waals surface area (Å²) in [6.45, 7) is -0.644. The molecule has 0 aliphatic heterocycles. The summed E-state index contributed by atoms with van der Waals surface area (Å²) >= 11 is 0. The number of alkyl halides is 3. The third-order valence-corrected chi connectivity index (χ3v) is 5.93. The van der Waals surface area contributed by atoms with Crippen LogP contribution in [0.3, 0.4) is 0 Å². The van der Waals surface area contributed by atoms with Crippen molar-refractivity contribution in [2.24, 2.45) is 0 Å². The van der Waals surface area contributed by atoms with E-state index in [1.165, 1.54) is 17.7 Å². The Morgan fingerprint density at radius 1 is 0.714 bits per heavy atom. The molecule has 4 aromatic rings. The van der Waals surface area contributed by atoms with Gasteiger partial charge in [0, 0.05) is 12.5 Å². The summed E-state index contributed by atoms with van der Waals surface area (Å²) in [7, 11) is 1.69. The molecule has 0 aliphatic carbocycles. The Morgan fingerprint density at radius 3 is 2.06 bits per heavy atom. The SMILES string of the molecule is COCCc1ccc(-c2ccc3c(F)c(CCc4ccc(OCC(F)(F)F)cc4)ccc3c2)cc1. The molecule has 35 heavy (non-hydrogen) atoms. The van der Waals surface area contributed by atoms with Crippen LogP contribution in [-0.2, 0) is 24.0 Å². The lowest BCUT2D eigenvalue weighted by Gasteiger charge is -2.11. The summed E-state index contributed by atoms with van der Waals surface area (Å²) in [5.74, 6) is -0.0857. The Labute approximate surface area is 202 Å². The molecule has 0 unspecified atom stereocenters. The highest BCUT2D eigenvalue weighted by molar-refractivity contribution is 5.88. The molecule has 0 saturated carbocycles. The first-order valence-corrected chi connectivity index (χ1v) is 11.4. The molecule has 0 aliphatic rings. The number of hydrogen-bond acceptors (Lipinski definition) is 2. The molecule has 0 heterocycles. The standard InChI is InChI=1S/C29H26F4O2/c1-34-17-16-21-2-7-22(8-3-21)24-12-15-27-25(18-24)11-10-23(28(27)30)9-4-20-5-13-26(14-6-20)35-19-29(31,32)33/h2-3,5-8,10-15,18H,4,9,16-17,19H2,1H3. The highest BCUT2D eigenvalue weighted by atomic mass is 19.4. The average molecular weight is 483 g/mol. The fourth-order valence-corrected chi connectivity index (χ4v) is 3.99. The summed E-state index contributed by atoms with van der Waals surface area (Å²) in [6, 6.07) is 24.2. The highest BCUT2D eigenvalue weighted by Gasteiger charge is 2.28. The number of benzene rings is 4. The second kappa shape index (κ2) is 10.9. The van der Waals surface area contributed by atoms with E-state index in [-0.39, 0.29) is 11.6 Å². The number of ether oxygens (including phenoxy) is 2. The molecule has 0 saturated heterocycles. The van der Waals surface area contributed by atoms with E-state index in [4.69, 9.17) is 9.47 Å². The molecule has 0 radical (unpaired) electrons. The van der Waals surface area contributed by atoms with Crippen molar-refractivity contribution in [3.63, 3.8) is 0 Å². The normalized spacial score (nSPS) is 11.7. The summed E-state index contributed by atoms with van der Waals surface area (Å²) in [6.07, 6.45) is -2.47. The number of methoxy groups -OCH3 is 1. The van der Waals surface area contributed by atoms with E-state index in [1.807, 2.05) is 24.3 Å². The molecule has 0 amide bonds. The van der Waals surface area contributed by atoms with Crippen LogP contribution in [0.1, 0.15) is 16.7 Å². The molecular formula is C29H26F4O2. The number of hydrogen-bond donors (Lipinski definition) is 0. The maximum atomic E-state index is 15.2. The van der Waals surface area contributed by atoms with Crippen LogP contribution >= 0.6 is 0 Å². The third-order valence-electron chi connectivity index (χ3n) is 5.93. The zero-order chi connectivity index (χ0) is 24.8. The predicted octanol–water partition coefficient (Wildman–Crippen LogP) is 7.56. The van der Waals surface area contributed by atoms with Gasteiger partial charge in [-0.25, -0.2) is 4.39 Å². The lowest BCUT2D eigenvalue weighted by Crippen LogP contribution is -2.19. The molecule has 4 aromatic carbocycles. The van der Waals surface area contributed by atoms with Crippen LogP contribution < -0.4 is 4.74 Å². The summed E-state index contributed by atoms with van der Waals surface area (Å²) in [4.78, 5) is 0. The fraction of sp³-hybridized carbons (Fsp3) is 0.241. The van der Waals surface area contributed by atoms with Crippen LogP contribution in [0, 0.1) is 5.82 Å². The van der Waals surface area contributed by atoms with Gasteiger partial charge in [0.25, 0.3) is 0 Å². The molecule has 182 valence electrons. The van der Waals surface area contributed by atoms with Crippen molar-refractivity contribution in [2.75, 3.05) is 20.3 Å². The van der Waals surface area contributed by atoms with Gasteiger partial charge in [-0.2, -0.15) is 13.2 Å². The molecule has 6 heteroatoms. The Morgan fingerprint density at radius 2 is 1.37 bits per heavy atom. The maximum absolute atomic E-state index is 15.2. The molecular weight excluding hydrogens is 456 g/mol. The van der Waals surface area contributed by atoms with Crippen molar-refractivity contribution in [2.45, 2.75) is 25.4 Å². The zero-order valence-electron chi connectivity index (χ0n) is 19.4. The number of fused-ring (bicyclic) bond motifs is 1. The largest absolute Gasteiger partial charge is 0.484 e. The molecule has 2 nitrogen and oxygen atoms in total. The minimum absolute atomic E-state index is 0.156. The van der Waals surface area contributed by atoms with E-state index in [9.17, 15) is 13.2 Å². The van der Waals surface area contributed by atoms with E-state index >= 15 is 4.39 Å². The van der Waals surface area contributed by atoms with Crippen LogP contribution in [0.5, 0.6) is 5.75 Å². The van der Waals surface area contributed by atoms with Crippen molar-refractivity contribution < 1.29 is 27.0 Å². The van der Waals surface area contributed by atoms with Gasteiger partial charge in [-0.3, -0.25) is 0 Å². The lowest BCUT2D eigenvalue weighted by molar-refractivity contribution is -0.153. The summed E-state index contributed by atoms with van der Waals surface area (Å²) < 4.78 is 61.9. The van der Waals surface area contributed by atoms with E-state index in [1.54, 1.807) is 25.3 Å². The number of aryl methyl sites for hydroxylation is 2. The Balaban J connectivity index is 1.43. The first kappa shape index (κ1) is 24.7. The highest BCUT2D eigenvalue weighted by Crippen LogP contribution is 2.28. The molecule has 0 atom stereocenters. The maximum Gasteiger partial charge on any atom is 0.422 e. The molecule has 0 spiro atoms. The molecule has 0 fully saturated rings. The van der Waals surface area contributed by atoms with Crippen LogP contribution in [-0.4, -0.2) is 26.5 Å². The molecule has 0 bridgehead atoms. The van der Waals surface area contributed by atoms with Gasteiger partial charge >= 0.3 is 6.18 Å². The van der Waals surface area contributed by atoms with Crippen LogP contribution in [0.15, 0.2) is 78.9 Å². The predicted molar refractivity (Wildman–Crippen MR) is 130 cm³/mol. The Kier molecular flexibility index (Phi) is 7.71. The van der Waals surface area contributed by atoms with Gasteiger partial charge in [0.2, 0.25) is 0 Å². The fourth-order valence-electron chi connectivity index (χ4n) is 3.99. The van der Waals surface area contributed by atoms with Gasteiger partial charge < -0.3 is 9.47 Å². The minimum atomic E-state index is -4.37. The van der Waals surface area contributed by atoms with Crippen LogP contribution in [0.4, 0.5) is 17.6 Å². The first-order valence-electron chi connectivity index (χ1n) is 11.4. The van der Waals surface area contributed by atoms with Crippen molar-refractivity contribution in [3.05, 3.63) is 101 Å². The van der Waals surface area contributed by atoms with E-state index in [2.05, 4.69) is 24.3 Å². The third kappa shape index (κ3) is 6.61. The molecule has 4 rings (SSSR count). The van der Waals surface area contributed by atoms with Crippen molar-refractivity contribution in [1.29, 1.82) is 0 Å². The quantitative estimate of drug-likeness (QED) is 0.229. The van der Waals surface area contributed by atoms with Crippen LogP contribution in [0.2, 0.25) is 0 Å². The van der Waals surface area contributed by atoms with Gasteiger partial charge in [-0.05, 0) is 70.7 Å². The molecule has 0 aromatic heterocycles. The van der Waals surface area contributed by atoms with Gasteiger partial charge in [0.15, 0.2) is 6.61 Å². The molecule has 0 N–H and O–H groups in total. The zero-order valence-corrected chi connectivity index (χ0v) is 19.4. The Hall–Kier alpha value is -3.38. The second-order valence-corrected chi connectivity index (χ2v) is 8.46. The second-order valence-electron chi connectivity index (χ2n) is 8.46. The minimum Gasteiger partial charge on any atom is -0.484 e. The van der Waals surface area contributed by atoms with E-state index < -0.39 is 12.8 Å². The summed E-state index contributed by atoms with van der Waals surface area (Å²) in [5.41, 5.74) is 4.80. The van der Waals surface area contributed by atoms with E-state index in [0.717, 1.165) is 28.5 Å². The topological polar surface area (TPSA) is 18.5 Å². The van der Waals surface area contributed by atoms with Gasteiger partial charge in [0.1, 0.15) is 11.6 Å². The smallest absolute Gasteiger partial charge is 0.422 e. The average Bonchev–Trinajstić information content (AvgIpc) is 2.86. The monoisotopic (exact) mass is 482 g/mol. The van der Waals surface area contributed by atoms with Crippen LogP contribution in [0.25, 0.3) is 21.9 Å². The lowest BCUT2D eigenvalue weighted by atomic mass is 9.96. The Bertz CT molecular complexity index is 1260.